The lowest BCUT2D eigenvalue weighted by atomic mass is 10.1. The van der Waals surface area contributed by atoms with Gasteiger partial charge in [0.1, 0.15) is 11.8 Å². The Balaban J connectivity index is 3.13. The molecule has 1 aromatic carbocycles. The smallest absolute Gasteiger partial charge is 0.327 e. The molecule has 1 aromatic rings. The van der Waals surface area contributed by atoms with E-state index in [0.717, 1.165) is 0 Å². The number of carbonyl (C=O) groups excluding carboxylic acids is 1. The molecule has 0 radical (unpaired) electrons. The van der Waals surface area contributed by atoms with Gasteiger partial charge in [0, 0.05) is 5.56 Å². The van der Waals surface area contributed by atoms with E-state index in [9.17, 15) is 4.79 Å². The second kappa shape index (κ2) is 5.00. The average Bonchev–Trinajstić information content (AvgIpc) is 2.26. The van der Waals surface area contributed by atoms with Crippen molar-refractivity contribution in [3.05, 3.63) is 28.8 Å². The zero-order valence-corrected chi connectivity index (χ0v) is 9.25. The summed E-state index contributed by atoms with van der Waals surface area (Å²) in [7, 11) is 2.74. The Morgan fingerprint density at radius 2 is 2.13 bits per heavy atom. The number of hydrogen-bond donors (Lipinski definition) is 1. The molecule has 0 amide bonds. The topological polar surface area (TPSA) is 61.5 Å². The number of methoxy groups -OCH3 is 2. The van der Waals surface area contributed by atoms with Crippen LogP contribution in [0.5, 0.6) is 5.75 Å². The number of rotatable bonds is 3. The predicted octanol–water partition coefficient (Wildman–Crippen LogP) is 1.52. The summed E-state index contributed by atoms with van der Waals surface area (Å²) >= 11 is 5.89. The predicted molar refractivity (Wildman–Crippen MR) is 56.9 cm³/mol. The van der Waals surface area contributed by atoms with Gasteiger partial charge in [-0.25, -0.2) is 0 Å². The second-order valence-corrected chi connectivity index (χ2v) is 3.27. The summed E-state index contributed by atoms with van der Waals surface area (Å²) in [5, 5.41) is 0.411. The molecule has 0 fully saturated rings. The van der Waals surface area contributed by atoms with Crippen molar-refractivity contribution in [2.75, 3.05) is 14.2 Å². The minimum atomic E-state index is -0.886. The highest BCUT2D eigenvalue weighted by Crippen LogP contribution is 2.31. The molecule has 0 saturated carbocycles. The van der Waals surface area contributed by atoms with Gasteiger partial charge in [0.2, 0.25) is 0 Å². The number of ether oxygens (including phenoxy) is 2. The van der Waals surface area contributed by atoms with Crippen LogP contribution < -0.4 is 10.5 Å². The van der Waals surface area contributed by atoms with Crippen LogP contribution in [0.2, 0.25) is 5.02 Å². The summed E-state index contributed by atoms with van der Waals surface area (Å²) in [4.78, 5) is 11.2. The molecule has 0 aliphatic rings. The number of para-hydroxylation sites is 1. The Labute approximate surface area is 92.9 Å². The summed E-state index contributed by atoms with van der Waals surface area (Å²) in [6.45, 7) is 0. The third-order valence-corrected chi connectivity index (χ3v) is 2.29. The van der Waals surface area contributed by atoms with Gasteiger partial charge in [-0.15, -0.1) is 0 Å². The van der Waals surface area contributed by atoms with Crippen molar-refractivity contribution in [1.29, 1.82) is 0 Å². The maximum absolute atomic E-state index is 11.2. The Morgan fingerprint density at radius 3 is 2.67 bits per heavy atom. The van der Waals surface area contributed by atoms with E-state index in [1.54, 1.807) is 18.2 Å². The van der Waals surface area contributed by atoms with Crippen LogP contribution in [0.4, 0.5) is 0 Å². The van der Waals surface area contributed by atoms with E-state index in [1.807, 2.05) is 0 Å². The van der Waals surface area contributed by atoms with E-state index in [1.165, 1.54) is 14.2 Å². The van der Waals surface area contributed by atoms with Crippen molar-refractivity contribution >= 4 is 17.6 Å². The Kier molecular flexibility index (Phi) is 3.94. The van der Waals surface area contributed by atoms with Gasteiger partial charge >= 0.3 is 5.97 Å². The van der Waals surface area contributed by atoms with Crippen LogP contribution in [0.25, 0.3) is 0 Å². The summed E-state index contributed by atoms with van der Waals surface area (Å²) in [5.74, 6) is -0.132. The first kappa shape index (κ1) is 11.8. The Hall–Kier alpha value is -1.26. The van der Waals surface area contributed by atoms with Gasteiger partial charge in [0.25, 0.3) is 0 Å². The van der Waals surface area contributed by atoms with Crippen molar-refractivity contribution in [3.8, 4) is 5.75 Å². The Morgan fingerprint density at radius 1 is 1.47 bits per heavy atom. The average molecular weight is 230 g/mol. The molecule has 0 bridgehead atoms. The third kappa shape index (κ3) is 2.40. The summed E-state index contributed by atoms with van der Waals surface area (Å²) in [6, 6.07) is 4.15. The molecule has 82 valence electrons. The van der Waals surface area contributed by atoms with Crippen LogP contribution in [0.1, 0.15) is 11.6 Å². The lowest BCUT2D eigenvalue weighted by Crippen LogP contribution is -2.23. The summed E-state index contributed by atoms with van der Waals surface area (Å²) < 4.78 is 9.62. The SMILES string of the molecule is COC(=O)C(N)c1cccc(Cl)c1OC. The van der Waals surface area contributed by atoms with Crippen LogP contribution in [0, 0.1) is 0 Å². The van der Waals surface area contributed by atoms with Gasteiger partial charge in [-0.3, -0.25) is 4.79 Å². The second-order valence-electron chi connectivity index (χ2n) is 2.86. The molecule has 0 aliphatic heterocycles. The van der Waals surface area contributed by atoms with E-state index < -0.39 is 12.0 Å². The van der Waals surface area contributed by atoms with Crippen LogP contribution in [-0.2, 0) is 9.53 Å². The minimum Gasteiger partial charge on any atom is -0.495 e. The molecule has 0 aromatic heterocycles. The van der Waals surface area contributed by atoms with Crippen LogP contribution in [0.3, 0.4) is 0 Å². The van der Waals surface area contributed by atoms with E-state index in [4.69, 9.17) is 22.1 Å². The lowest BCUT2D eigenvalue weighted by Gasteiger charge is -2.14. The first-order valence-corrected chi connectivity index (χ1v) is 4.65. The largest absolute Gasteiger partial charge is 0.495 e. The highest BCUT2D eigenvalue weighted by molar-refractivity contribution is 6.32. The lowest BCUT2D eigenvalue weighted by molar-refractivity contribution is -0.142. The maximum Gasteiger partial charge on any atom is 0.327 e. The molecule has 0 aliphatic carbocycles. The third-order valence-electron chi connectivity index (χ3n) is 1.99. The number of nitrogens with two attached hydrogens (primary N) is 1. The van der Waals surface area contributed by atoms with Gasteiger partial charge < -0.3 is 15.2 Å². The van der Waals surface area contributed by atoms with Gasteiger partial charge in [0.15, 0.2) is 0 Å². The molecular weight excluding hydrogens is 218 g/mol. The van der Waals surface area contributed by atoms with E-state index in [0.29, 0.717) is 16.3 Å². The van der Waals surface area contributed by atoms with Crippen LogP contribution in [0.15, 0.2) is 18.2 Å². The highest BCUT2D eigenvalue weighted by Gasteiger charge is 2.21. The Bertz CT molecular complexity index is 368. The van der Waals surface area contributed by atoms with Crippen molar-refractivity contribution in [3.63, 3.8) is 0 Å². The molecule has 15 heavy (non-hydrogen) atoms. The number of halogens is 1. The molecule has 0 spiro atoms. The fraction of sp³-hybridized carbons (Fsp3) is 0.300. The van der Waals surface area contributed by atoms with E-state index in [-0.39, 0.29) is 0 Å². The quantitative estimate of drug-likeness (QED) is 0.799. The monoisotopic (exact) mass is 229 g/mol. The standard InChI is InChI=1S/C10H12ClNO3/c1-14-9-6(4-3-5-7(9)11)8(12)10(13)15-2/h3-5,8H,12H2,1-2H3. The van der Waals surface area contributed by atoms with Crippen molar-refractivity contribution in [2.24, 2.45) is 5.73 Å². The fourth-order valence-electron chi connectivity index (χ4n) is 1.24. The minimum absolute atomic E-state index is 0.400. The van der Waals surface area contributed by atoms with Crippen LogP contribution in [-0.4, -0.2) is 20.2 Å². The van der Waals surface area contributed by atoms with E-state index in [2.05, 4.69) is 4.74 Å². The van der Waals surface area contributed by atoms with E-state index >= 15 is 0 Å². The summed E-state index contributed by atoms with van der Waals surface area (Å²) in [5.41, 5.74) is 6.19. The molecule has 1 rings (SSSR count). The van der Waals surface area contributed by atoms with Gasteiger partial charge in [-0.2, -0.15) is 0 Å². The molecule has 0 saturated heterocycles. The summed E-state index contributed by atoms with van der Waals surface area (Å²) in [6.07, 6.45) is 0. The number of benzene rings is 1. The van der Waals surface area contributed by atoms with Crippen molar-refractivity contribution in [1.82, 2.24) is 0 Å². The highest BCUT2D eigenvalue weighted by atomic mass is 35.5. The molecule has 1 atom stereocenters. The molecule has 4 nitrogen and oxygen atoms in total. The fourth-order valence-corrected chi connectivity index (χ4v) is 1.50. The van der Waals surface area contributed by atoms with Crippen molar-refractivity contribution < 1.29 is 14.3 Å². The number of hydrogen-bond acceptors (Lipinski definition) is 4. The maximum atomic E-state index is 11.2. The van der Waals surface area contributed by atoms with Gasteiger partial charge in [0.05, 0.1) is 19.2 Å². The normalized spacial score (nSPS) is 12.0. The van der Waals surface area contributed by atoms with Crippen LogP contribution >= 0.6 is 11.6 Å². The number of carbonyl (C=O) groups is 1. The molecule has 0 heterocycles. The first-order valence-electron chi connectivity index (χ1n) is 4.27. The molecular formula is C10H12ClNO3. The molecule has 1 unspecified atom stereocenters. The van der Waals surface area contributed by atoms with Gasteiger partial charge in [-0.05, 0) is 6.07 Å². The molecule has 2 N–H and O–H groups in total. The molecule has 5 heteroatoms. The van der Waals surface area contributed by atoms with Crippen molar-refractivity contribution in [2.45, 2.75) is 6.04 Å². The van der Waals surface area contributed by atoms with Gasteiger partial charge in [-0.1, -0.05) is 23.7 Å². The zero-order valence-electron chi connectivity index (χ0n) is 8.49. The zero-order chi connectivity index (χ0) is 11.4. The number of esters is 1. The first-order chi connectivity index (χ1) is 7.11.